The second kappa shape index (κ2) is 5.04. The molecule has 1 heterocycles. The lowest BCUT2D eigenvalue weighted by molar-refractivity contribution is 0.399. The predicted octanol–water partition coefficient (Wildman–Crippen LogP) is 1.68. The van der Waals surface area contributed by atoms with Crippen LogP contribution in [0.5, 0.6) is 5.75 Å². The van der Waals surface area contributed by atoms with Crippen LogP contribution >= 0.6 is 0 Å². The summed E-state index contributed by atoms with van der Waals surface area (Å²) in [6.07, 6.45) is 0. The fourth-order valence-electron chi connectivity index (χ4n) is 1.65. The van der Waals surface area contributed by atoms with E-state index in [9.17, 15) is 8.42 Å². The average molecular weight is 297 g/mol. The van der Waals surface area contributed by atoms with Crippen molar-refractivity contribution in [3.8, 4) is 5.75 Å². The number of benzene rings is 1. The Balaban J connectivity index is 2.46. The number of rotatable bonds is 4. The van der Waals surface area contributed by atoms with Crippen molar-refractivity contribution in [1.82, 2.24) is 5.16 Å². The number of ether oxygens (including phenoxy) is 1. The number of nitrogens with one attached hydrogen (secondary N) is 1. The lowest BCUT2D eigenvalue weighted by atomic mass is 10.2. The minimum atomic E-state index is -3.86. The van der Waals surface area contributed by atoms with Gasteiger partial charge in [-0.1, -0.05) is 5.16 Å². The van der Waals surface area contributed by atoms with E-state index in [-0.39, 0.29) is 16.5 Å². The fraction of sp³-hybridized carbons (Fsp3) is 0.250. The van der Waals surface area contributed by atoms with Crippen molar-refractivity contribution in [2.45, 2.75) is 18.7 Å². The van der Waals surface area contributed by atoms with Crippen LogP contribution in [0, 0.1) is 13.8 Å². The number of nitrogens with two attached hydrogens (primary N) is 1. The number of aromatic nitrogens is 1. The smallest absolute Gasteiger partial charge is 0.266 e. The molecule has 20 heavy (non-hydrogen) atoms. The van der Waals surface area contributed by atoms with Crippen molar-refractivity contribution >= 4 is 21.5 Å². The zero-order valence-corrected chi connectivity index (χ0v) is 12.1. The molecule has 3 N–H and O–H groups in total. The number of methoxy groups -OCH3 is 1. The summed E-state index contributed by atoms with van der Waals surface area (Å²) >= 11 is 0. The van der Waals surface area contributed by atoms with Crippen molar-refractivity contribution in [3.05, 3.63) is 29.5 Å². The standard InChI is InChI=1S/C12H15N3O4S/c1-7-4-10(18-3)11(6-9(7)13)20(16,17)15-12-5-8(2)19-14-12/h4-6H,13H2,1-3H3,(H,14,15). The highest BCUT2D eigenvalue weighted by atomic mass is 32.2. The van der Waals surface area contributed by atoms with Crippen LogP contribution in [0.3, 0.4) is 0 Å². The molecule has 1 aromatic heterocycles. The predicted molar refractivity (Wildman–Crippen MR) is 74.2 cm³/mol. The van der Waals surface area contributed by atoms with Crippen LogP contribution in [-0.2, 0) is 10.0 Å². The van der Waals surface area contributed by atoms with E-state index in [1.54, 1.807) is 19.9 Å². The summed E-state index contributed by atoms with van der Waals surface area (Å²) in [5.74, 6) is 0.811. The summed E-state index contributed by atoms with van der Waals surface area (Å²) in [5, 5.41) is 3.58. The molecule has 0 aliphatic carbocycles. The Morgan fingerprint density at radius 2 is 2.00 bits per heavy atom. The molecule has 0 fully saturated rings. The lowest BCUT2D eigenvalue weighted by Crippen LogP contribution is -2.15. The molecule has 7 nitrogen and oxygen atoms in total. The van der Waals surface area contributed by atoms with Crippen molar-refractivity contribution in [3.63, 3.8) is 0 Å². The van der Waals surface area contributed by atoms with E-state index in [1.165, 1.54) is 19.2 Å². The van der Waals surface area contributed by atoms with Gasteiger partial charge in [0.05, 0.1) is 7.11 Å². The topological polar surface area (TPSA) is 107 Å². The van der Waals surface area contributed by atoms with Gasteiger partial charge in [0.1, 0.15) is 16.4 Å². The normalized spacial score (nSPS) is 11.3. The molecule has 1 aromatic carbocycles. The summed E-state index contributed by atoms with van der Waals surface area (Å²) in [7, 11) is -2.47. The molecule has 0 radical (unpaired) electrons. The monoisotopic (exact) mass is 297 g/mol. The largest absolute Gasteiger partial charge is 0.495 e. The molecule has 2 aromatic rings. The molecule has 0 amide bonds. The molecule has 108 valence electrons. The first kappa shape index (κ1) is 14.2. The third-order valence-corrected chi connectivity index (χ3v) is 4.08. The maximum absolute atomic E-state index is 12.3. The summed E-state index contributed by atoms with van der Waals surface area (Å²) < 4.78 is 36.9. The number of nitrogen functional groups attached to an aromatic ring is 1. The quantitative estimate of drug-likeness (QED) is 0.831. The Morgan fingerprint density at radius 1 is 1.30 bits per heavy atom. The maximum Gasteiger partial charge on any atom is 0.266 e. The third-order valence-electron chi connectivity index (χ3n) is 2.71. The Morgan fingerprint density at radius 3 is 2.55 bits per heavy atom. The van der Waals surface area contributed by atoms with Gasteiger partial charge in [0.25, 0.3) is 10.0 Å². The van der Waals surface area contributed by atoms with Crippen LogP contribution < -0.4 is 15.2 Å². The molecule has 0 saturated heterocycles. The molecule has 0 unspecified atom stereocenters. The van der Waals surface area contributed by atoms with Crippen LogP contribution in [0.1, 0.15) is 11.3 Å². The van der Waals surface area contributed by atoms with E-state index in [4.69, 9.17) is 15.0 Å². The van der Waals surface area contributed by atoms with Crippen molar-refractivity contribution < 1.29 is 17.7 Å². The number of anilines is 2. The Kier molecular flexibility index (Phi) is 3.58. The van der Waals surface area contributed by atoms with E-state index in [1.807, 2.05) is 0 Å². The number of hydrogen-bond donors (Lipinski definition) is 2. The zero-order chi connectivity index (χ0) is 14.9. The van der Waals surface area contributed by atoms with Crippen LogP contribution in [0.25, 0.3) is 0 Å². The zero-order valence-electron chi connectivity index (χ0n) is 11.3. The van der Waals surface area contributed by atoms with Gasteiger partial charge < -0.3 is 15.0 Å². The van der Waals surface area contributed by atoms with E-state index in [2.05, 4.69) is 9.88 Å². The minimum absolute atomic E-state index is 0.0521. The molecule has 2 rings (SSSR count). The van der Waals surface area contributed by atoms with Crippen LogP contribution in [0.4, 0.5) is 11.5 Å². The second-order valence-electron chi connectivity index (χ2n) is 4.29. The molecule has 0 aliphatic heterocycles. The molecule has 0 bridgehead atoms. The Labute approximate surface area is 116 Å². The summed E-state index contributed by atoms with van der Waals surface area (Å²) in [6, 6.07) is 4.39. The first-order valence-electron chi connectivity index (χ1n) is 5.73. The van der Waals surface area contributed by atoms with Gasteiger partial charge in [-0.3, -0.25) is 4.72 Å². The van der Waals surface area contributed by atoms with Crippen LogP contribution in [-0.4, -0.2) is 20.7 Å². The minimum Gasteiger partial charge on any atom is -0.495 e. The Bertz CT molecular complexity index is 737. The highest BCUT2D eigenvalue weighted by Gasteiger charge is 2.22. The molecule has 0 spiro atoms. The van der Waals surface area contributed by atoms with Crippen LogP contribution in [0.2, 0.25) is 0 Å². The highest BCUT2D eigenvalue weighted by molar-refractivity contribution is 7.92. The van der Waals surface area contributed by atoms with E-state index in [0.717, 1.165) is 5.56 Å². The third kappa shape index (κ3) is 2.69. The van der Waals surface area contributed by atoms with E-state index < -0.39 is 10.0 Å². The van der Waals surface area contributed by atoms with E-state index >= 15 is 0 Å². The lowest BCUT2D eigenvalue weighted by Gasteiger charge is -2.12. The van der Waals surface area contributed by atoms with Gasteiger partial charge in [0.2, 0.25) is 0 Å². The number of nitrogens with zero attached hydrogens (tertiary/aromatic N) is 1. The van der Waals surface area contributed by atoms with Gasteiger partial charge in [-0.2, -0.15) is 0 Å². The van der Waals surface area contributed by atoms with Crippen LogP contribution in [0.15, 0.2) is 27.6 Å². The Hall–Kier alpha value is -2.22. The van der Waals surface area contributed by atoms with Gasteiger partial charge in [-0.05, 0) is 31.5 Å². The SMILES string of the molecule is COc1cc(C)c(N)cc1S(=O)(=O)Nc1cc(C)on1. The van der Waals surface area contributed by atoms with Gasteiger partial charge in [0, 0.05) is 11.8 Å². The first-order valence-corrected chi connectivity index (χ1v) is 7.22. The molecule has 0 aliphatic rings. The molecule has 8 heteroatoms. The van der Waals surface area contributed by atoms with E-state index in [0.29, 0.717) is 11.4 Å². The summed E-state index contributed by atoms with van der Waals surface area (Å²) in [4.78, 5) is -0.0521. The molecular weight excluding hydrogens is 282 g/mol. The van der Waals surface area contributed by atoms with Gasteiger partial charge in [-0.15, -0.1) is 0 Å². The fourth-order valence-corrected chi connectivity index (χ4v) is 2.82. The molecular formula is C12H15N3O4S. The van der Waals surface area contributed by atoms with Gasteiger partial charge >= 0.3 is 0 Å². The summed E-state index contributed by atoms with van der Waals surface area (Å²) in [5.41, 5.74) is 6.85. The highest BCUT2D eigenvalue weighted by Crippen LogP contribution is 2.30. The average Bonchev–Trinajstić information content (AvgIpc) is 2.76. The van der Waals surface area contributed by atoms with Gasteiger partial charge in [0.15, 0.2) is 5.82 Å². The van der Waals surface area contributed by atoms with Gasteiger partial charge in [-0.25, -0.2) is 8.42 Å². The second-order valence-corrected chi connectivity index (χ2v) is 5.94. The van der Waals surface area contributed by atoms with Crippen molar-refractivity contribution in [2.75, 3.05) is 17.6 Å². The molecule has 0 saturated carbocycles. The van der Waals surface area contributed by atoms with Crippen molar-refractivity contribution in [2.24, 2.45) is 0 Å². The first-order chi connectivity index (χ1) is 9.33. The number of sulfonamides is 1. The number of aryl methyl sites for hydroxylation is 2. The van der Waals surface area contributed by atoms with Crippen molar-refractivity contribution in [1.29, 1.82) is 0 Å². The number of hydrogen-bond acceptors (Lipinski definition) is 6. The summed E-state index contributed by atoms with van der Waals surface area (Å²) in [6.45, 7) is 3.43. The maximum atomic E-state index is 12.3. The molecule has 0 atom stereocenters.